The molecule has 1 aromatic carbocycles. The highest BCUT2D eigenvalue weighted by Crippen LogP contribution is 2.44. The predicted molar refractivity (Wildman–Crippen MR) is 103 cm³/mol. The van der Waals surface area contributed by atoms with Gasteiger partial charge in [0.25, 0.3) is 0 Å². The van der Waals surface area contributed by atoms with Gasteiger partial charge in [-0.3, -0.25) is 9.48 Å². The van der Waals surface area contributed by atoms with E-state index in [0.717, 1.165) is 16.8 Å². The third-order valence-electron chi connectivity index (χ3n) is 4.73. The van der Waals surface area contributed by atoms with Gasteiger partial charge in [0.15, 0.2) is 18.1 Å². The molecule has 8 heteroatoms. The van der Waals surface area contributed by atoms with Crippen molar-refractivity contribution in [2.24, 2.45) is 7.05 Å². The smallest absolute Gasteiger partial charge is 0.341 e. The van der Waals surface area contributed by atoms with Gasteiger partial charge in [0.05, 0.1) is 12.8 Å². The van der Waals surface area contributed by atoms with Gasteiger partial charge < -0.3 is 19.9 Å². The van der Waals surface area contributed by atoms with Crippen LogP contribution in [-0.4, -0.2) is 40.5 Å². The molecule has 1 amide bonds. The van der Waals surface area contributed by atoms with E-state index in [4.69, 9.17) is 14.6 Å². The molecule has 0 bridgehead atoms. The van der Waals surface area contributed by atoms with Crippen molar-refractivity contribution in [1.29, 1.82) is 0 Å². The SMILES string of the molecule is COc1ccc(C2CC(=O)Nc3c2c(C(C)(C)C)nn3C)cc1OCC(=O)O. The number of aliphatic carboxylic acids is 1. The molecule has 1 unspecified atom stereocenters. The Bertz CT molecular complexity index is 927. The molecule has 0 spiro atoms. The Labute approximate surface area is 163 Å². The molecule has 0 saturated carbocycles. The zero-order valence-corrected chi connectivity index (χ0v) is 16.7. The molecule has 2 aromatic rings. The van der Waals surface area contributed by atoms with Crippen LogP contribution in [0.1, 0.15) is 49.9 Å². The molecule has 150 valence electrons. The van der Waals surface area contributed by atoms with Gasteiger partial charge in [0.2, 0.25) is 5.91 Å². The van der Waals surface area contributed by atoms with Crippen molar-refractivity contribution in [1.82, 2.24) is 9.78 Å². The molecule has 0 fully saturated rings. The van der Waals surface area contributed by atoms with Crippen molar-refractivity contribution in [3.05, 3.63) is 35.0 Å². The number of aryl methyl sites for hydroxylation is 1. The minimum atomic E-state index is -1.07. The monoisotopic (exact) mass is 387 g/mol. The van der Waals surface area contributed by atoms with Crippen LogP contribution >= 0.6 is 0 Å². The van der Waals surface area contributed by atoms with E-state index in [1.165, 1.54) is 7.11 Å². The Kier molecular flexibility index (Phi) is 5.06. The topological polar surface area (TPSA) is 103 Å². The fraction of sp³-hybridized carbons (Fsp3) is 0.450. The van der Waals surface area contributed by atoms with Crippen LogP contribution in [0.15, 0.2) is 18.2 Å². The number of carbonyl (C=O) groups is 2. The highest BCUT2D eigenvalue weighted by Gasteiger charge is 2.36. The first-order valence-electron chi connectivity index (χ1n) is 9.01. The second-order valence-corrected chi connectivity index (χ2v) is 7.88. The Morgan fingerprint density at radius 3 is 2.68 bits per heavy atom. The van der Waals surface area contributed by atoms with E-state index < -0.39 is 12.6 Å². The number of benzene rings is 1. The van der Waals surface area contributed by atoms with E-state index in [-0.39, 0.29) is 23.7 Å². The van der Waals surface area contributed by atoms with Crippen molar-refractivity contribution >= 4 is 17.7 Å². The number of rotatable bonds is 5. The molecule has 3 rings (SSSR count). The third-order valence-corrected chi connectivity index (χ3v) is 4.73. The number of ether oxygens (including phenoxy) is 2. The summed E-state index contributed by atoms with van der Waals surface area (Å²) in [5.74, 6) is 0.0717. The largest absolute Gasteiger partial charge is 0.493 e. The van der Waals surface area contributed by atoms with E-state index in [9.17, 15) is 9.59 Å². The maximum Gasteiger partial charge on any atom is 0.341 e. The normalized spacial score (nSPS) is 16.3. The van der Waals surface area contributed by atoms with Crippen molar-refractivity contribution in [3.63, 3.8) is 0 Å². The number of hydrogen-bond acceptors (Lipinski definition) is 5. The lowest BCUT2D eigenvalue weighted by Gasteiger charge is -2.27. The number of methoxy groups -OCH3 is 1. The molecule has 28 heavy (non-hydrogen) atoms. The van der Waals surface area contributed by atoms with E-state index in [0.29, 0.717) is 17.3 Å². The van der Waals surface area contributed by atoms with Crippen LogP contribution in [0, 0.1) is 0 Å². The van der Waals surface area contributed by atoms with Gasteiger partial charge in [-0.25, -0.2) is 4.79 Å². The summed E-state index contributed by atoms with van der Waals surface area (Å²) in [7, 11) is 3.31. The van der Waals surface area contributed by atoms with Crippen molar-refractivity contribution in [2.75, 3.05) is 19.0 Å². The van der Waals surface area contributed by atoms with Crippen molar-refractivity contribution < 1.29 is 24.2 Å². The van der Waals surface area contributed by atoms with E-state index in [1.54, 1.807) is 16.8 Å². The number of fused-ring (bicyclic) bond motifs is 1. The minimum Gasteiger partial charge on any atom is -0.493 e. The number of carboxylic acids is 1. The maximum atomic E-state index is 12.4. The molecule has 0 aliphatic carbocycles. The molecule has 1 aromatic heterocycles. The zero-order valence-electron chi connectivity index (χ0n) is 16.7. The zero-order chi connectivity index (χ0) is 20.6. The Hall–Kier alpha value is -3.03. The van der Waals surface area contributed by atoms with Crippen LogP contribution in [0.2, 0.25) is 0 Å². The molecule has 0 saturated heterocycles. The summed E-state index contributed by atoms with van der Waals surface area (Å²) in [6.07, 6.45) is 0.270. The molecular formula is C20H25N3O5. The second-order valence-electron chi connectivity index (χ2n) is 7.88. The highest BCUT2D eigenvalue weighted by atomic mass is 16.5. The third kappa shape index (κ3) is 3.67. The van der Waals surface area contributed by atoms with Gasteiger partial charge in [-0.1, -0.05) is 26.8 Å². The average Bonchev–Trinajstić information content (AvgIpc) is 2.96. The Morgan fingerprint density at radius 2 is 2.07 bits per heavy atom. The lowest BCUT2D eigenvalue weighted by molar-refractivity contribution is -0.139. The van der Waals surface area contributed by atoms with Crippen LogP contribution in [0.4, 0.5) is 5.82 Å². The second kappa shape index (κ2) is 7.18. The number of carboxylic acid groups (broad SMARTS) is 1. The molecule has 8 nitrogen and oxygen atoms in total. The molecule has 1 aliphatic rings. The van der Waals surface area contributed by atoms with Gasteiger partial charge in [-0.05, 0) is 17.7 Å². The highest BCUT2D eigenvalue weighted by molar-refractivity contribution is 5.94. The molecule has 1 atom stereocenters. The summed E-state index contributed by atoms with van der Waals surface area (Å²) >= 11 is 0. The summed E-state index contributed by atoms with van der Waals surface area (Å²) in [4.78, 5) is 23.3. The average molecular weight is 387 g/mol. The van der Waals surface area contributed by atoms with Gasteiger partial charge in [0.1, 0.15) is 5.82 Å². The van der Waals surface area contributed by atoms with Crippen LogP contribution in [0.5, 0.6) is 11.5 Å². The van der Waals surface area contributed by atoms with Crippen LogP contribution in [-0.2, 0) is 22.1 Å². The van der Waals surface area contributed by atoms with Crippen molar-refractivity contribution in [3.8, 4) is 11.5 Å². The number of aromatic nitrogens is 2. The summed E-state index contributed by atoms with van der Waals surface area (Å²) in [5.41, 5.74) is 2.53. The Balaban J connectivity index is 2.11. The first-order valence-corrected chi connectivity index (χ1v) is 9.01. The molecule has 2 N–H and O–H groups in total. The quantitative estimate of drug-likeness (QED) is 0.818. The fourth-order valence-corrected chi connectivity index (χ4v) is 3.49. The van der Waals surface area contributed by atoms with Crippen LogP contribution < -0.4 is 14.8 Å². The van der Waals surface area contributed by atoms with Crippen LogP contribution in [0.25, 0.3) is 0 Å². The fourth-order valence-electron chi connectivity index (χ4n) is 3.49. The molecule has 1 aliphatic heterocycles. The van der Waals surface area contributed by atoms with Crippen LogP contribution in [0.3, 0.4) is 0 Å². The van der Waals surface area contributed by atoms with Gasteiger partial charge >= 0.3 is 5.97 Å². The maximum absolute atomic E-state index is 12.4. The Morgan fingerprint density at radius 1 is 1.36 bits per heavy atom. The number of nitrogens with one attached hydrogen (secondary N) is 1. The molecule has 2 heterocycles. The first kappa shape index (κ1) is 19.7. The molecule has 0 radical (unpaired) electrons. The predicted octanol–water partition coefficient (Wildman–Crippen LogP) is 2.66. The number of hydrogen-bond donors (Lipinski definition) is 2. The van der Waals surface area contributed by atoms with Gasteiger partial charge in [-0.2, -0.15) is 5.10 Å². The van der Waals surface area contributed by atoms with E-state index >= 15 is 0 Å². The lowest BCUT2D eigenvalue weighted by atomic mass is 9.79. The van der Waals surface area contributed by atoms with E-state index in [2.05, 4.69) is 31.2 Å². The number of amides is 1. The summed E-state index contributed by atoms with van der Waals surface area (Å²) < 4.78 is 12.4. The minimum absolute atomic E-state index is 0.0928. The number of nitrogens with zero attached hydrogens (tertiary/aromatic N) is 2. The molecular weight excluding hydrogens is 362 g/mol. The van der Waals surface area contributed by atoms with Gasteiger partial charge in [0, 0.05) is 30.4 Å². The summed E-state index contributed by atoms with van der Waals surface area (Å²) in [5, 5.41) is 16.5. The summed E-state index contributed by atoms with van der Waals surface area (Å²) in [6, 6.07) is 5.35. The van der Waals surface area contributed by atoms with Crippen molar-refractivity contribution in [2.45, 2.75) is 38.5 Å². The first-order chi connectivity index (χ1) is 13.1. The number of carbonyl (C=O) groups excluding carboxylic acids is 1. The summed E-state index contributed by atoms with van der Waals surface area (Å²) in [6.45, 7) is 5.77. The number of anilines is 1. The standard InChI is InChI=1S/C20H25N3O5/c1-20(2,3)18-17-12(9-15(24)21-19(17)23(4)22-18)11-6-7-13(27-5)14(8-11)28-10-16(25)26/h6-8,12H,9-10H2,1-5H3,(H,21,24)(H,25,26). The van der Waals surface area contributed by atoms with Gasteiger partial charge in [-0.15, -0.1) is 0 Å². The lowest BCUT2D eigenvalue weighted by Crippen LogP contribution is -2.26. The van der Waals surface area contributed by atoms with E-state index in [1.807, 2.05) is 13.1 Å².